The van der Waals surface area contributed by atoms with Gasteiger partial charge in [-0.2, -0.15) is 0 Å². The molecular formula is C21H33FN2O3. The van der Waals surface area contributed by atoms with Crippen LogP contribution in [0.2, 0.25) is 0 Å². The van der Waals surface area contributed by atoms with Crippen LogP contribution in [0.4, 0.5) is 9.18 Å². The van der Waals surface area contributed by atoms with Crippen molar-refractivity contribution in [1.82, 2.24) is 9.80 Å². The Hall–Kier alpha value is -1.82. The van der Waals surface area contributed by atoms with Gasteiger partial charge in [0.05, 0.1) is 7.11 Å². The van der Waals surface area contributed by atoms with Crippen LogP contribution in [-0.4, -0.2) is 53.8 Å². The third kappa shape index (κ3) is 5.12. The van der Waals surface area contributed by atoms with Crippen LogP contribution in [0.1, 0.15) is 59.6 Å². The molecule has 0 aliphatic carbocycles. The van der Waals surface area contributed by atoms with Crippen LogP contribution >= 0.6 is 0 Å². The van der Waals surface area contributed by atoms with Crippen LogP contribution in [0.5, 0.6) is 5.75 Å². The molecule has 0 radical (unpaired) electrons. The lowest BCUT2D eigenvalue weighted by molar-refractivity contribution is -0.0226. The zero-order valence-electron chi connectivity index (χ0n) is 17.6. The highest BCUT2D eigenvalue weighted by atomic mass is 19.1. The lowest BCUT2D eigenvalue weighted by atomic mass is 9.98. The fraction of sp³-hybridized carbons (Fsp3) is 0.667. The maximum Gasteiger partial charge on any atom is 0.410 e. The number of halogens is 1. The Morgan fingerprint density at radius 1 is 1.33 bits per heavy atom. The Morgan fingerprint density at radius 2 is 2.00 bits per heavy atom. The van der Waals surface area contributed by atoms with Crippen LogP contribution in [0.25, 0.3) is 0 Å². The van der Waals surface area contributed by atoms with Gasteiger partial charge in [0.15, 0.2) is 0 Å². The highest BCUT2D eigenvalue weighted by molar-refractivity contribution is 5.68. The number of hydrogen-bond acceptors (Lipinski definition) is 4. The second-order valence-corrected chi connectivity index (χ2v) is 8.30. The lowest BCUT2D eigenvalue weighted by Crippen LogP contribution is -2.59. The number of rotatable bonds is 4. The average molecular weight is 381 g/mol. The van der Waals surface area contributed by atoms with Crippen molar-refractivity contribution in [3.63, 3.8) is 0 Å². The first-order chi connectivity index (χ1) is 12.6. The number of ether oxygens (including phenoxy) is 2. The van der Waals surface area contributed by atoms with E-state index in [0.717, 1.165) is 18.5 Å². The summed E-state index contributed by atoms with van der Waals surface area (Å²) in [5, 5.41) is 0. The van der Waals surface area contributed by atoms with Crippen molar-refractivity contribution in [2.75, 3.05) is 20.2 Å². The van der Waals surface area contributed by atoms with Crippen molar-refractivity contribution in [3.05, 3.63) is 29.6 Å². The normalized spacial score (nSPS) is 22.4. The molecule has 1 aromatic rings. The second-order valence-electron chi connectivity index (χ2n) is 8.30. The third-order valence-electron chi connectivity index (χ3n) is 5.13. The summed E-state index contributed by atoms with van der Waals surface area (Å²) in [6.45, 7) is 13.2. The van der Waals surface area contributed by atoms with Gasteiger partial charge < -0.3 is 14.4 Å². The van der Waals surface area contributed by atoms with Crippen molar-refractivity contribution < 1.29 is 18.7 Å². The van der Waals surface area contributed by atoms with Crippen molar-refractivity contribution >= 4 is 6.09 Å². The Bertz CT molecular complexity index is 659. The number of amides is 1. The van der Waals surface area contributed by atoms with Gasteiger partial charge in [0, 0.05) is 42.8 Å². The molecule has 2 rings (SSSR count). The smallest absolute Gasteiger partial charge is 0.410 e. The molecule has 0 N–H and O–H groups in total. The molecule has 0 bridgehead atoms. The summed E-state index contributed by atoms with van der Waals surface area (Å²) in [6.07, 6.45) is 0.639. The minimum Gasteiger partial charge on any atom is -0.496 e. The van der Waals surface area contributed by atoms with Crippen LogP contribution in [0.15, 0.2) is 18.2 Å². The van der Waals surface area contributed by atoms with Gasteiger partial charge >= 0.3 is 6.09 Å². The van der Waals surface area contributed by atoms with Gasteiger partial charge in [-0.25, -0.2) is 9.18 Å². The first kappa shape index (κ1) is 21.5. The van der Waals surface area contributed by atoms with Gasteiger partial charge in [0.1, 0.15) is 17.2 Å². The van der Waals surface area contributed by atoms with Crippen molar-refractivity contribution in [1.29, 1.82) is 0 Å². The molecule has 0 spiro atoms. The molecule has 1 heterocycles. The maximum absolute atomic E-state index is 13.6. The maximum atomic E-state index is 13.6. The summed E-state index contributed by atoms with van der Waals surface area (Å²) >= 11 is 0. The number of methoxy groups -OCH3 is 1. The van der Waals surface area contributed by atoms with Crippen LogP contribution in [0, 0.1) is 5.82 Å². The lowest BCUT2D eigenvalue weighted by Gasteiger charge is -2.47. The van der Waals surface area contributed by atoms with Gasteiger partial charge in [-0.05, 0) is 47.1 Å². The number of benzene rings is 1. The van der Waals surface area contributed by atoms with Gasteiger partial charge in [-0.3, -0.25) is 4.90 Å². The van der Waals surface area contributed by atoms with E-state index >= 15 is 0 Å². The van der Waals surface area contributed by atoms with Gasteiger partial charge in [-0.1, -0.05) is 13.0 Å². The van der Waals surface area contributed by atoms with E-state index in [9.17, 15) is 9.18 Å². The molecule has 1 saturated heterocycles. The zero-order valence-corrected chi connectivity index (χ0v) is 17.6. The molecule has 1 aromatic carbocycles. The van der Waals surface area contributed by atoms with E-state index < -0.39 is 5.60 Å². The zero-order chi connectivity index (χ0) is 20.4. The second kappa shape index (κ2) is 8.46. The number of hydrogen-bond donors (Lipinski definition) is 0. The van der Waals surface area contributed by atoms with Crippen LogP contribution < -0.4 is 4.74 Å². The molecule has 5 nitrogen and oxygen atoms in total. The number of carbonyl (C=O) groups excluding carboxylic acids is 1. The van der Waals surface area contributed by atoms with Gasteiger partial charge in [0.2, 0.25) is 0 Å². The highest BCUT2D eigenvalue weighted by Gasteiger charge is 2.38. The molecule has 1 amide bonds. The molecule has 0 saturated carbocycles. The third-order valence-corrected chi connectivity index (χ3v) is 5.13. The Morgan fingerprint density at radius 3 is 2.56 bits per heavy atom. The van der Waals surface area contributed by atoms with E-state index in [0.29, 0.717) is 12.3 Å². The number of nitrogens with zero attached hydrogens (tertiary/aromatic N) is 2. The first-order valence-corrected chi connectivity index (χ1v) is 9.66. The summed E-state index contributed by atoms with van der Waals surface area (Å²) in [6, 6.07) is 4.95. The van der Waals surface area contributed by atoms with Crippen molar-refractivity contribution in [3.8, 4) is 5.75 Å². The van der Waals surface area contributed by atoms with E-state index in [1.807, 2.05) is 32.6 Å². The average Bonchev–Trinajstić information content (AvgIpc) is 2.59. The van der Waals surface area contributed by atoms with Crippen LogP contribution in [-0.2, 0) is 4.74 Å². The quantitative estimate of drug-likeness (QED) is 0.765. The minimum absolute atomic E-state index is 0.0246. The Balaban J connectivity index is 2.21. The van der Waals surface area contributed by atoms with E-state index in [-0.39, 0.29) is 30.0 Å². The molecule has 1 unspecified atom stereocenters. The van der Waals surface area contributed by atoms with Crippen LogP contribution in [0.3, 0.4) is 0 Å². The van der Waals surface area contributed by atoms with Crippen molar-refractivity contribution in [2.24, 2.45) is 0 Å². The Labute approximate surface area is 162 Å². The fourth-order valence-corrected chi connectivity index (χ4v) is 3.69. The highest BCUT2D eigenvalue weighted by Crippen LogP contribution is 2.34. The van der Waals surface area contributed by atoms with E-state index in [2.05, 4.69) is 18.7 Å². The topological polar surface area (TPSA) is 42.0 Å². The molecule has 1 fully saturated rings. The number of piperazine rings is 1. The van der Waals surface area contributed by atoms with E-state index in [1.54, 1.807) is 13.2 Å². The first-order valence-electron chi connectivity index (χ1n) is 9.66. The van der Waals surface area contributed by atoms with Gasteiger partial charge in [-0.15, -0.1) is 0 Å². The summed E-state index contributed by atoms with van der Waals surface area (Å²) in [5.41, 5.74) is 0.444. The fourth-order valence-electron chi connectivity index (χ4n) is 3.69. The minimum atomic E-state index is -0.510. The molecular weight excluding hydrogens is 347 g/mol. The number of carbonyl (C=O) groups is 1. The van der Waals surface area contributed by atoms with E-state index in [4.69, 9.17) is 9.47 Å². The largest absolute Gasteiger partial charge is 0.496 e. The molecule has 0 aromatic heterocycles. The standard InChI is InChI=1S/C21H33FN2O3/c1-8-17-13-23(20(25)27-21(4,5)6)14(2)12-24(17)15(3)18-10-9-16(22)11-19(18)26-7/h9-11,14-15,17H,8,12-13H2,1-7H3/t14-,15?,17+/m0/s1. The SMILES string of the molecule is CC[C@@H]1CN(C(=O)OC(C)(C)C)[C@@H](C)CN1C(C)c1ccc(F)cc1OC. The van der Waals surface area contributed by atoms with E-state index in [1.165, 1.54) is 12.1 Å². The molecule has 3 atom stereocenters. The Kier molecular flexibility index (Phi) is 6.73. The summed E-state index contributed by atoms with van der Waals surface area (Å²) in [5.74, 6) is 0.248. The summed E-state index contributed by atoms with van der Waals surface area (Å²) < 4.78 is 24.5. The molecule has 27 heavy (non-hydrogen) atoms. The summed E-state index contributed by atoms with van der Waals surface area (Å²) in [4.78, 5) is 16.8. The predicted octanol–water partition coefficient (Wildman–Crippen LogP) is 4.62. The molecule has 6 heteroatoms. The molecule has 1 aliphatic heterocycles. The monoisotopic (exact) mass is 380 g/mol. The predicted molar refractivity (Wildman–Crippen MR) is 105 cm³/mol. The molecule has 1 aliphatic rings. The summed E-state index contributed by atoms with van der Waals surface area (Å²) in [7, 11) is 1.56. The van der Waals surface area contributed by atoms with Gasteiger partial charge in [0.25, 0.3) is 0 Å². The van der Waals surface area contributed by atoms with Crippen molar-refractivity contribution in [2.45, 2.75) is 71.7 Å². The molecule has 152 valence electrons.